The third-order valence-electron chi connectivity index (χ3n) is 6.08. The topological polar surface area (TPSA) is 147 Å². The molecule has 1 N–H and O–H groups in total. The average molecular weight is 636 g/mol. The van der Waals surface area contributed by atoms with Crippen LogP contribution in [0.4, 0.5) is 0 Å². The SMILES string of the molecule is O=C1CCC(N2Cc3c(cccc3S(=O)(=O)CCOCCOCCOCCOCCOCCBr)C2=O)C(=O)N1. The van der Waals surface area contributed by atoms with Crippen molar-refractivity contribution in [1.29, 1.82) is 0 Å². The van der Waals surface area contributed by atoms with Gasteiger partial charge in [0.25, 0.3) is 5.91 Å². The van der Waals surface area contributed by atoms with E-state index in [0.29, 0.717) is 58.4 Å². The van der Waals surface area contributed by atoms with Crippen LogP contribution in [0.2, 0.25) is 0 Å². The number of carbonyl (C=O) groups excluding carboxylic acids is 3. The first-order valence-electron chi connectivity index (χ1n) is 12.8. The molecular formula is C25H35BrN2O10S. The Hall–Kier alpha value is -1.94. The van der Waals surface area contributed by atoms with Gasteiger partial charge in [0, 0.05) is 29.4 Å². The molecule has 1 aromatic rings. The lowest BCUT2D eigenvalue weighted by atomic mass is 10.0. The first kappa shape index (κ1) is 31.6. The van der Waals surface area contributed by atoms with Gasteiger partial charge in [-0.2, -0.15) is 0 Å². The van der Waals surface area contributed by atoms with E-state index in [0.717, 1.165) is 5.33 Å². The van der Waals surface area contributed by atoms with Gasteiger partial charge in [-0.3, -0.25) is 19.7 Å². The summed E-state index contributed by atoms with van der Waals surface area (Å²) < 4.78 is 52.9. The first-order chi connectivity index (χ1) is 18.8. The molecule has 3 amide bonds. The number of alkyl halides is 1. The number of benzene rings is 1. The van der Waals surface area contributed by atoms with Crippen LogP contribution in [0, 0.1) is 0 Å². The summed E-state index contributed by atoms with van der Waals surface area (Å²) in [5.41, 5.74) is 0.618. The van der Waals surface area contributed by atoms with Crippen molar-refractivity contribution in [1.82, 2.24) is 10.2 Å². The number of ether oxygens (including phenoxy) is 5. The number of piperidine rings is 1. The summed E-state index contributed by atoms with van der Waals surface area (Å²) in [5.74, 6) is -1.61. The fraction of sp³-hybridized carbons (Fsp3) is 0.640. The van der Waals surface area contributed by atoms with Gasteiger partial charge in [-0.25, -0.2) is 8.42 Å². The number of amides is 3. The smallest absolute Gasteiger partial charge is 0.255 e. The summed E-state index contributed by atoms with van der Waals surface area (Å²) in [7, 11) is -3.75. The van der Waals surface area contributed by atoms with Crippen LogP contribution in [0.3, 0.4) is 0 Å². The molecule has 0 aliphatic carbocycles. The second-order valence-electron chi connectivity index (χ2n) is 8.75. The highest BCUT2D eigenvalue weighted by atomic mass is 79.9. The zero-order valence-corrected chi connectivity index (χ0v) is 24.1. The van der Waals surface area contributed by atoms with Crippen LogP contribution in [-0.2, 0) is 49.7 Å². The average Bonchev–Trinajstić information content (AvgIpc) is 3.24. The Balaban J connectivity index is 1.32. The Labute approximate surface area is 236 Å². The van der Waals surface area contributed by atoms with Crippen molar-refractivity contribution >= 4 is 43.5 Å². The quantitative estimate of drug-likeness (QED) is 0.131. The molecule has 1 atom stereocenters. The molecule has 218 valence electrons. The van der Waals surface area contributed by atoms with E-state index in [4.69, 9.17) is 23.7 Å². The molecule has 0 spiro atoms. The Kier molecular flexibility index (Phi) is 13.2. The van der Waals surface area contributed by atoms with E-state index in [1.165, 1.54) is 17.0 Å². The molecule has 0 bridgehead atoms. The Morgan fingerprint density at radius 2 is 1.41 bits per heavy atom. The molecule has 1 aromatic carbocycles. The van der Waals surface area contributed by atoms with E-state index < -0.39 is 27.7 Å². The summed E-state index contributed by atoms with van der Waals surface area (Å²) in [6, 6.07) is 3.72. The molecule has 2 aliphatic rings. The van der Waals surface area contributed by atoms with Gasteiger partial charge < -0.3 is 28.6 Å². The molecule has 1 fully saturated rings. The zero-order valence-electron chi connectivity index (χ0n) is 21.7. The molecule has 14 heteroatoms. The third-order valence-corrected chi connectivity index (χ3v) is 8.16. The number of hydrogen-bond acceptors (Lipinski definition) is 10. The lowest BCUT2D eigenvalue weighted by Crippen LogP contribution is -2.52. The van der Waals surface area contributed by atoms with Gasteiger partial charge in [-0.05, 0) is 18.6 Å². The molecule has 1 unspecified atom stereocenters. The summed E-state index contributed by atoms with van der Waals surface area (Å²) in [5, 5.41) is 3.04. The van der Waals surface area contributed by atoms with Crippen LogP contribution >= 0.6 is 15.9 Å². The van der Waals surface area contributed by atoms with Gasteiger partial charge in [-0.15, -0.1) is 0 Å². The molecule has 39 heavy (non-hydrogen) atoms. The minimum atomic E-state index is -3.75. The fourth-order valence-corrected chi connectivity index (χ4v) is 5.79. The Bertz CT molecular complexity index is 1080. The number of sulfone groups is 1. The Morgan fingerprint density at radius 1 is 0.846 bits per heavy atom. The molecule has 0 aromatic heterocycles. The van der Waals surface area contributed by atoms with Crippen molar-refractivity contribution in [2.24, 2.45) is 0 Å². The maximum absolute atomic E-state index is 13.0. The van der Waals surface area contributed by atoms with Crippen molar-refractivity contribution in [2.45, 2.75) is 30.3 Å². The van der Waals surface area contributed by atoms with Gasteiger partial charge in [0.15, 0.2) is 9.84 Å². The largest absolute Gasteiger partial charge is 0.378 e. The van der Waals surface area contributed by atoms with E-state index in [1.807, 2.05) is 0 Å². The molecule has 1 saturated heterocycles. The second kappa shape index (κ2) is 16.4. The highest BCUT2D eigenvalue weighted by molar-refractivity contribution is 9.09. The number of imide groups is 1. The summed E-state index contributed by atoms with van der Waals surface area (Å²) in [6.45, 7) is 3.91. The van der Waals surface area contributed by atoms with E-state index in [1.54, 1.807) is 6.07 Å². The number of nitrogens with one attached hydrogen (secondary N) is 1. The minimum Gasteiger partial charge on any atom is -0.378 e. The number of carbonyl (C=O) groups is 3. The number of halogens is 1. The molecule has 2 heterocycles. The molecule has 0 radical (unpaired) electrons. The number of nitrogens with zero attached hydrogens (tertiary/aromatic N) is 1. The summed E-state index contributed by atoms with van der Waals surface area (Å²) in [4.78, 5) is 38.0. The standard InChI is InChI=1S/C25H35BrN2O10S/c26-6-7-34-8-9-35-10-11-36-12-13-37-14-15-38-16-17-39(32,33)22-3-1-2-19-20(22)18-28(25(19)31)21-4-5-23(29)27-24(21)30/h1-3,21H,4-18H2,(H,27,29,30). The number of hydrogen-bond donors (Lipinski definition) is 1. The third kappa shape index (κ3) is 9.59. The minimum absolute atomic E-state index is 0.00937. The van der Waals surface area contributed by atoms with E-state index in [-0.39, 0.29) is 54.7 Å². The fourth-order valence-electron chi connectivity index (χ4n) is 4.16. The number of rotatable bonds is 19. The van der Waals surface area contributed by atoms with Gasteiger partial charge in [0.1, 0.15) is 6.04 Å². The van der Waals surface area contributed by atoms with Gasteiger partial charge >= 0.3 is 0 Å². The molecule has 3 rings (SSSR count). The van der Waals surface area contributed by atoms with Crippen LogP contribution < -0.4 is 5.32 Å². The monoisotopic (exact) mass is 634 g/mol. The molecule has 12 nitrogen and oxygen atoms in total. The van der Waals surface area contributed by atoms with Crippen LogP contribution in [-0.4, -0.2) is 114 Å². The maximum atomic E-state index is 13.0. The van der Waals surface area contributed by atoms with Crippen molar-refractivity contribution in [3.8, 4) is 0 Å². The lowest BCUT2D eigenvalue weighted by Gasteiger charge is -2.29. The highest BCUT2D eigenvalue weighted by Crippen LogP contribution is 2.32. The van der Waals surface area contributed by atoms with Crippen LogP contribution in [0.1, 0.15) is 28.8 Å². The predicted molar refractivity (Wildman–Crippen MR) is 142 cm³/mol. The van der Waals surface area contributed by atoms with Crippen LogP contribution in [0.15, 0.2) is 23.1 Å². The van der Waals surface area contributed by atoms with Crippen LogP contribution in [0.25, 0.3) is 0 Å². The van der Waals surface area contributed by atoms with E-state index >= 15 is 0 Å². The van der Waals surface area contributed by atoms with Gasteiger partial charge in [-0.1, -0.05) is 22.0 Å². The molecule has 0 saturated carbocycles. The second-order valence-corrected chi connectivity index (χ2v) is 11.6. The van der Waals surface area contributed by atoms with Crippen molar-refractivity contribution in [3.05, 3.63) is 29.3 Å². The maximum Gasteiger partial charge on any atom is 0.255 e. The normalized spacial score (nSPS) is 17.5. The van der Waals surface area contributed by atoms with Gasteiger partial charge in [0.2, 0.25) is 11.8 Å². The van der Waals surface area contributed by atoms with E-state index in [9.17, 15) is 22.8 Å². The Morgan fingerprint density at radius 3 is 1.97 bits per heavy atom. The number of fused-ring (bicyclic) bond motifs is 1. The van der Waals surface area contributed by atoms with Crippen LogP contribution in [0.5, 0.6) is 0 Å². The summed E-state index contributed by atoms with van der Waals surface area (Å²) >= 11 is 3.28. The summed E-state index contributed by atoms with van der Waals surface area (Å²) in [6.07, 6.45) is 0.329. The highest BCUT2D eigenvalue weighted by Gasteiger charge is 2.41. The van der Waals surface area contributed by atoms with E-state index in [2.05, 4.69) is 21.2 Å². The van der Waals surface area contributed by atoms with Crippen molar-refractivity contribution in [3.63, 3.8) is 0 Å². The molecule has 2 aliphatic heterocycles. The van der Waals surface area contributed by atoms with Gasteiger partial charge in [0.05, 0.1) is 76.7 Å². The van der Waals surface area contributed by atoms with Crippen molar-refractivity contribution < 1.29 is 46.5 Å². The molecular weight excluding hydrogens is 600 g/mol. The first-order valence-corrected chi connectivity index (χ1v) is 15.6. The zero-order chi connectivity index (χ0) is 28.1. The predicted octanol–water partition coefficient (Wildman–Crippen LogP) is 0.699. The van der Waals surface area contributed by atoms with Crippen molar-refractivity contribution in [2.75, 3.05) is 77.2 Å². The lowest BCUT2D eigenvalue weighted by molar-refractivity contribution is -0.136.